The number of nitrogens with two attached hydrogens (primary N) is 2. The van der Waals surface area contributed by atoms with Gasteiger partial charge in [0.05, 0.1) is 30.1 Å². The van der Waals surface area contributed by atoms with Crippen LogP contribution >= 0.6 is 0 Å². The molecule has 174 valence electrons. The predicted octanol–water partition coefficient (Wildman–Crippen LogP) is 1.99. The largest absolute Gasteiger partial charge is 0.396 e. The van der Waals surface area contributed by atoms with E-state index in [1.165, 1.54) is 10.6 Å². The third-order valence-electron chi connectivity index (χ3n) is 5.76. The van der Waals surface area contributed by atoms with Crippen LogP contribution in [0, 0.1) is 0 Å². The van der Waals surface area contributed by atoms with Crippen LogP contribution in [0.1, 0.15) is 34.5 Å². The van der Waals surface area contributed by atoms with Crippen LogP contribution in [0.4, 0.5) is 5.69 Å². The number of aromatic nitrogens is 2. The number of carbonyl (C=O) groups excluding carboxylic acids is 1. The zero-order valence-corrected chi connectivity index (χ0v) is 18.5. The van der Waals surface area contributed by atoms with Crippen LogP contribution in [0.3, 0.4) is 0 Å². The van der Waals surface area contributed by atoms with Crippen molar-refractivity contribution in [3.05, 3.63) is 65.5 Å². The molecule has 1 aliphatic heterocycles. The quantitative estimate of drug-likeness (QED) is 0.234. The molecule has 6 N–H and O–H groups in total. The second-order valence-corrected chi connectivity index (χ2v) is 8.08. The summed E-state index contributed by atoms with van der Waals surface area (Å²) in [6.07, 6.45) is 4.24. The van der Waals surface area contributed by atoms with E-state index in [4.69, 9.17) is 21.4 Å². The average molecular weight is 451 g/mol. The summed E-state index contributed by atoms with van der Waals surface area (Å²) >= 11 is 0. The number of anilines is 1. The Labute approximate surface area is 192 Å². The fourth-order valence-electron chi connectivity index (χ4n) is 3.89. The molecule has 0 atom stereocenters. The second-order valence-electron chi connectivity index (χ2n) is 8.08. The summed E-state index contributed by atoms with van der Waals surface area (Å²) in [5.41, 5.74) is 10.7. The van der Waals surface area contributed by atoms with Gasteiger partial charge in [-0.1, -0.05) is 12.1 Å². The predicted molar refractivity (Wildman–Crippen MR) is 128 cm³/mol. The Bertz CT molecular complexity index is 1120. The fraction of sp³-hybridized carbons (Fsp3) is 0.333. The summed E-state index contributed by atoms with van der Waals surface area (Å²) in [5.74, 6) is 6.20. The van der Waals surface area contributed by atoms with Crippen LogP contribution in [-0.2, 0) is 11.2 Å². The number of aliphatic hydroxyl groups excluding tert-OH is 1. The third kappa shape index (κ3) is 5.33. The van der Waals surface area contributed by atoms with Crippen molar-refractivity contribution in [2.45, 2.75) is 19.3 Å². The monoisotopic (exact) mass is 450 g/mol. The maximum atomic E-state index is 12.6. The normalized spacial score (nSPS) is 14.6. The smallest absolute Gasteiger partial charge is 0.254 e. The molecule has 2 aromatic carbocycles. The van der Waals surface area contributed by atoms with Crippen LogP contribution < -0.4 is 16.6 Å². The molecule has 0 unspecified atom stereocenters. The van der Waals surface area contributed by atoms with Crippen molar-refractivity contribution < 1.29 is 14.6 Å². The van der Waals surface area contributed by atoms with E-state index >= 15 is 0 Å². The van der Waals surface area contributed by atoms with Crippen molar-refractivity contribution >= 4 is 28.2 Å². The highest BCUT2D eigenvalue weighted by molar-refractivity contribution is 5.95. The lowest BCUT2D eigenvalue weighted by Crippen LogP contribution is -2.40. The summed E-state index contributed by atoms with van der Waals surface area (Å²) < 4.78 is 5.31. The van der Waals surface area contributed by atoms with Gasteiger partial charge in [0.2, 0.25) is 0 Å². The van der Waals surface area contributed by atoms with Crippen molar-refractivity contribution in [3.8, 4) is 0 Å². The summed E-state index contributed by atoms with van der Waals surface area (Å²) in [5, 5.41) is 18.7. The first kappa shape index (κ1) is 22.8. The molecule has 1 amide bonds. The zero-order chi connectivity index (χ0) is 23.2. The molecule has 0 spiro atoms. The molecule has 0 saturated carbocycles. The maximum Gasteiger partial charge on any atom is 0.254 e. The van der Waals surface area contributed by atoms with E-state index in [0.717, 1.165) is 30.2 Å². The van der Waals surface area contributed by atoms with E-state index in [1.54, 1.807) is 35.4 Å². The molecule has 9 heteroatoms. The summed E-state index contributed by atoms with van der Waals surface area (Å²) in [6, 6.07) is 13.2. The number of ether oxygens (including phenoxy) is 1. The number of unbranched alkanes of at least 4 members (excludes halogenated alkanes) is 1. The van der Waals surface area contributed by atoms with Gasteiger partial charge in [-0.15, -0.1) is 0 Å². The van der Waals surface area contributed by atoms with Gasteiger partial charge < -0.3 is 20.5 Å². The molecule has 3 aromatic rings. The molecule has 0 radical (unpaired) electrons. The van der Waals surface area contributed by atoms with E-state index < -0.39 is 0 Å². The molecule has 0 bridgehead atoms. The number of hydrogen-bond donors (Lipinski definition) is 4. The van der Waals surface area contributed by atoms with Gasteiger partial charge in [-0.2, -0.15) is 5.10 Å². The Morgan fingerprint density at radius 1 is 1.18 bits per heavy atom. The van der Waals surface area contributed by atoms with Crippen LogP contribution in [0.25, 0.3) is 16.6 Å². The van der Waals surface area contributed by atoms with Crippen LogP contribution in [0.5, 0.6) is 0 Å². The molecule has 4 rings (SSSR count). The lowest BCUT2D eigenvalue weighted by Gasteiger charge is -2.27. The van der Waals surface area contributed by atoms with Crippen molar-refractivity contribution in [2.24, 2.45) is 11.6 Å². The fourth-order valence-corrected chi connectivity index (χ4v) is 3.89. The zero-order valence-electron chi connectivity index (χ0n) is 18.5. The van der Waals surface area contributed by atoms with Crippen LogP contribution in [0.2, 0.25) is 0 Å². The number of benzene rings is 2. The number of fused-ring (bicyclic) bond motifs is 1. The number of nitrogens with zero attached hydrogens (tertiary/aromatic N) is 3. The first-order valence-corrected chi connectivity index (χ1v) is 11.1. The number of aromatic amines is 1. The molecule has 2 heterocycles. The van der Waals surface area contributed by atoms with Gasteiger partial charge in [0.15, 0.2) is 0 Å². The second kappa shape index (κ2) is 10.5. The Hall–Kier alpha value is -3.40. The van der Waals surface area contributed by atoms with E-state index in [0.29, 0.717) is 48.9 Å². The number of rotatable bonds is 8. The number of amides is 1. The minimum Gasteiger partial charge on any atom is -0.396 e. The number of carbonyl (C=O) groups is 1. The van der Waals surface area contributed by atoms with Gasteiger partial charge in [-0.3, -0.25) is 14.9 Å². The Morgan fingerprint density at radius 2 is 1.94 bits per heavy atom. The molecule has 1 fully saturated rings. The van der Waals surface area contributed by atoms with E-state index in [1.807, 2.05) is 6.07 Å². The number of nitrogens with one attached hydrogen (secondary N) is 1. The summed E-state index contributed by atoms with van der Waals surface area (Å²) in [7, 11) is 0. The topological polar surface area (TPSA) is 134 Å². The number of aliphatic hydroxyl groups is 1. The minimum absolute atomic E-state index is 0.0119. The minimum atomic E-state index is -0.0119. The van der Waals surface area contributed by atoms with E-state index in [9.17, 15) is 4.79 Å². The van der Waals surface area contributed by atoms with Gasteiger partial charge in [0.1, 0.15) is 5.69 Å². The van der Waals surface area contributed by atoms with Crippen molar-refractivity contribution in [1.29, 1.82) is 0 Å². The maximum absolute atomic E-state index is 12.6. The van der Waals surface area contributed by atoms with Crippen molar-refractivity contribution in [1.82, 2.24) is 15.1 Å². The van der Waals surface area contributed by atoms with Gasteiger partial charge in [-0.05, 0) is 55.2 Å². The molecule has 9 nitrogen and oxygen atoms in total. The molecule has 33 heavy (non-hydrogen) atoms. The Kier molecular flexibility index (Phi) is 7.23. The first-order valence-electron chi connectivity index (χ1n) is 11.1. The summed E-state index contributed by atoms with van der Waals surface area (Å²) in [6.45, 7) is 2.55. The lowest BCUT2D eigenvalue weighted by atomic mass is 10.1. The molecule has 0 aliphatic carbocycles. The van der Waals surface area contributed by atoms with Crippen molar-refractivity contribution in [2.75, 3.05) is 37.9 Å². The number of morpholine rings is 1. The number of hydrogen-bond acceptors (Lipinski definition) is 7. The lowest BCUT2D eigenvalue weighted by molar-refractivity contribution is 0.0303. The van der Waals surface area contributed by atoms with Crippen LogP contribution in [0.15, 0.2) is 48.7 Å². The standard InChI is InChI=1S/C24H30N6O3/c25-21(23-20-9-4-17(3-1-2-12-31)15-22(20)27-28-23)16-30(26)19-7-5-18(6-8-19)24(32)29-10-13-33-14-11-29/h4-9,15-16,31H,1-3,10-14,25-26H2,(H,27,28)/b21-16-. The van der Waals surface area contributed by atoms with Crippen molar-refractivity contribution in [3.63, 3.8) is 0 Å². The number of aryl methyl sites for hydroxylation is 1. The highest BCUT2D eigenvalue weighted by Gasteiger charge is 2.18. The van der Waals surface area contributed by atoms with Crippen LogP contribution in [-0.4, -0.2) is 59.0 Å². The van der Waals surface area contributed by atoms with Gasteiger partial charge >= 0.3 is 0 Å². The highest BCUT2D eigenvalue weighted by atomic mass is 16.5. The van der Waals surface area contributed by atoms with E-state index in [2.05, 4.69) is 22.3 Å². The van der Waals surface area contributed by atoms with Gasteiger partial charge in [0, 0.05) is 36.8 Å². The van der Waals surface area contributed by atoms with E-state index in [-0.39, 0.29) is 12.5 Å². The number of H-pyrrole nitrogens is 1. The summed E-state index contributed by atoms with van der Waals surface area (Å²) in [4.78, 5) is 14.4. The van der Waals surface area contributed by atoms with Gasteiger partial charge in [-0.25, -0.2) is 5.84 Å². The average Bonchev–Trinajstić information content (AvgIpc) is 3.28. The SMILES string of the molecule is N/C(=C\N(N)c1ccc(C(=O)N2CCOCC2)cc1)c1n[nH]c2cc(CCCCO)ccc12. The Morgan fingerprint density at radius 3 is 2.67 bits per heavy atom. The number of hydrazine groups is 1. The molecular weight excluding hydrogens is 420 g/mol. The third-order valence-corrected chi connectivity index (χ3v) is 5.76. The molecule has 1 aliphatic rings. The first-order chi connectivity index (χ1) is 16.1. The molecular formula is C24H30N6O3. The van der Waals surface area contributed by atoms with Gasteiger partial charge in [0.25, 0.3) is 5.91 Å². The molecule has 1 saturated heterocycles. The molecule has 1 aromatic heterocycles. The Balaban J connectivity index is 1.46. The highest BCUT2D eigenvalue weighted by Crippen LogP contribution is 2.23.